The zero-order chi connectivity index (χ0) is 34.2. The Morgan fingerprint density at radius 1 is 0.776 bits per heavy atom. The molecule has 0 aliphatic rings. The smallest absolute Gasteiger partial charge is 0.548 e. The second-order valence-corrected chi connectivity index (χ2v) is 11.9. The first-order valence-electron chi connectivity index (χ1n) is 16.5. The van der Waals surface area contributed by atoms with E-state index in [0.29, 0.717) is 24.9 Å². The molecule has 1 unspecified atom stereocenters. The molecule has 0 aliphatic heterocycles. The minimum Gasteiger partial charge on any atom is -0.548 e. The van der Waals surface area contributed by atoms with E-state index in [4.69, 9.17) is 14.2 Å². The summed E-state index contributed by atoms with van der Waals surface area (Å²) in [5.74, 6) is 0.324. The molecule has 4 aromatic rings. The van der Waals surface area contributed by atoms with Gasteiger partial charge in [-0.15, -0.1) is 0 Å². The zero-order valence-corrected chi connectivity index (χ0v) is 28.9. The van der Waals surface area contributed by atoms with E-state index in [-0.39, 0.29) is 32.1 Å². The predicted octanol–water partition coefficient (Wildman–Crippen LogP) is 2.85. The number of aliphatic carboxylic acids is 1. The summed E-state index contributed by atoms with van der Waals surface area (Å²) in [6.45, 7) is 0.317. The van der Waals surface area contributed by atoms with Gasteiger partial charge in [-0.3, -0.25) is 0 Å². The van der Waals surface area contributed by atoms with Crippen LogP contribution in [0.4, 0.5) is 0 Å². The molecule has 0 heterocycles. The van der Waals surface area contributed by atoms with Crippen molar-refractivity contribution in [3.05, 3.63) is 130 Å². The number of carboxylic acids is 1. The van der Waals surface area contributed by atoms with Gasteiger partial charge in [-0.05, 0) is 70.5 Å². The van der Waals surface area contributed by atoms with Crippen molar-refractivity contribution < 1.29 is 52.9 Å². The number of methoxy groups -OCH3 is 2. The number of aliphatic hydroxyl groups excluding tert-OH is 1. The first-order chi connectivity index (χ1) is 23.4. The molecule has 49 heavy (non-hydrogen) atoms. The molecule has 0 amide bonds. The molecule has 0 fully saturated rings. The van der Waals surface area contributed by atoms with Gasteiger partial charge in [-0.25, -0.2) is 0 Å². The number of rotatable bonds is 21. The fraction of sp³-hybridized carbons (Fsp3) is 0.350. The number of ether oxygens (including phenoxy) is 3. The van der Waals surface area contributed by atoms with Crippen molar-refractivity contribution in [1.29, 1.82) is 0 Å². The van der Waals surface area contributed by atoms with Crippen LogP contribution < -0.4 is 38.8 Å². The summed E-state index contributed by atoms with van der Waals surface area (Å²) >= 11 is 0. The summed E-state index contributed by atoms with van der Waals surface area (Å²) in [5, 5.41) is 25.2. The van der Waals surface area contributed by atoms with Crippen LogP contribution in [0.3, 0.4) is 0 Å². The quantitative estimate of drug-likeness (QED) is 0.0608. The van der Waals surface area contributed by atoms with Gasteiger partial charge in [-0.2, -0.15) is 0 Å². The van der Waals surface area contributed by atoms with Gasteiger partial charge in [0.1, 0.15) is 23.4 Å². The first kappa shape index (κ1) is 39.5. The zero-order valence-electron chi connectivity index (χ0n) is 28.9. The van der Waals surface area contributed by atoms with Crippen LogP contribution in [0.25, 0.3) is 0 Å². The molecule has 9 heteroatoms. The van der Waals surface area contributed by atoms with Crippen LogP contribution >= 0.6 is 0 Å². The van der Waals surface area contributed by atoms with E-state index in [1.807, 2.05) is 97.1 Å². The summed E-state index contributed by atoms with van der Waals surface area (Å²) in [4.78, 5) is 22.4. The number of carbonyl (C=O) groups excluding carboxylic acids is 2. The molecule has 4 aromatic carbocycles. The van der Waals surface area contributed by atoms with Gasteiger partial charge in [0.05, 0.1) is 33.4 Å². The molecule has 0 aromatic heterocycles. The minimum absolute atomic E-state index is 0. The van der Waals surface area contributed by atoms with Crippen molar-refractivity contribution in [2.45, 2.75) is 76.3 Å². The standard InChI is InChI=1S/C40H47NO7.Li/c1-46-36-19-15-34(16-20-36)40(33-12-8-7-9-13-33,35-17-21-37(47-2)22-18-35)48-29-32-25-30(24-31(26-32)28-43)27-41-38(39(44)45)14-10-5-3-4-6-11-23-42;/h7-9,12-13,15-26,38,41,43H,3-6,10-11,14,27-29H2,1-2H3,(H,44,45);/q;+1/p-1. The van der Waals surface area contributed by atoms with Gasteiger partial charge >= 0.3 is 18.9 Å². The van der Waals surface area contributed by atoms with Crippen LogP contribution in [0.15, 0.2) is 97.1 Å². The molecule has 0 saturated carbocycles. The SMILES string of the molecule is COc1ccc(C(OCc2cc(CO)cc(CNC(CCCCCCCC=O)C(=O)[O-])c2)(c2ccccc2)c2ccc(OC)cc2)cc1.[Li+]. The van der Waals surface area contributed by atoms with Crippen LogP contribution in [-0.2, 0) is 39.7 Å². The summed E-state index contributed by atoms with van der Waals surface area (Å²) in [7, 11) is 3.27. The number of carbonyl (C=O) groups is 2. The Kier molecular flexibility index (Phi) is 16.6. The second kappa shape index (κ2) is 20.6. The van der Waals surface area contributed by atoms with Crippen LogP contribution in [0.2, 0.25) is 0 Å². The molecule has 0 bridgehead atoms. The number of carboxylic acid groups (broad SMARTS) is 1. The van der Waals surface area contributed by atoms with Crippen LogP contribution in [0.5, 0.6) is 11.5 Å². The average molecular weight is 660 g/mol. The van der Waals surface area contributed by atoms with E-state index in [1.54, 1.807) is 14.2 Å². The molecular formula is C40H46LiNO7. The van der Waals surface area contributed by atoms with Crippen molar-refractivity contribution >= 4 is 12.3 Å². The number of unbranched alkanes of at least 4 members (excludes halogenated alkanes) is 5. The van der Waals surface area contributed by atoms with E-state index in [1.165, 1.54) is 0 Å². The van der Waals surface area contributed by atoms with Crippen molar-refractivity contribution in [1.82, 2.24) is 5.32 Å². The maximum atomic E-state index is 11.9. The van der Waals surface area contributed by atoms with Crippen molar-refractivity contribution in [3.8, 4) is 11.5 Å². The van der Waals surface area contributed by atoms with Gasteiger partial charge in [0, 0.05) is 19.0 Å². The molecule has 1 atom stereocenters. The van der Waals surface area contributed by atoms with Gasteiger partial charge in [0.15, 0.2) is 0 Å². The average Bonchev–Trinajstić information content (AvgIpc) is 3.13. The fourth-order valence-corrected chi connectivity index (χ4v) is 6.03. The second-order valence-electron chi connectivity index (χ2n) is 11.9. The van der Waals surface area contributed by atoms with Gasteiger partial charge in [0.25, 0.3) is 0 Å². The van der Waals surface area contributed by atoms with E-state index >= 15 is 0 Å². The predicted molar refractivity (Wildman–Crippen MR) is 183 cm³/mol. The Labute approximate surface area is 302 Å². The minimum atomic E-state index is -1.13. The van der Waals surface area contributed by atoms with Crippen molar-refractivity contribution in [3.63, 3.8) is 0 Å². The van der Waals surface area contributed by atoms with Crippen molar-refractivity contribution in [2.24, 2.45) is 0 Å². The third-order valence-electron chi connectivity index (χ3n) is 8.58. The van der Waals surface area contributed by atoms with Gasteiger partial charge in [0.2, 0.25) is 0 Å². The maximum absolute atomic E-state index is 11.9. The number of aldehydes is 1. The summed E-state index contributed by atoms with van der Waals surface area (Å²) in [5.41, 5.74) is 4.09. The normalized spacial score (nSPS) is 11.7. The maximum Gasteiger partial charge on any atom is 1.00 e. The number of hydrogen-bond acceptors (Lipinski definition) is 8. The molecule has 0 radical (unpaired) electrons. The summed E-state index contributed by atoms with van der Waals surface area (Å²) < 4.78 is 17.9. The van der Waals surface area contributed by atoms with E-state index in [9.17, 15) is 19.8 Å². The Balaban J connectivity index is 0.00000650. The van der Waals surface area contributed by atoms with Crippen LogP contribution in [0.1, 0.15) is 78.3 Å². The molecule has 0 saturated heterocycles. The molecule has 254 valence electrons. The van der Waals surface area contributed by atoms with Crippen LogP contribution in [-0.4, -0.2) is 37.6 Å². The molecule has 0 spiro atoms. The topological polar surface area (TPSA) is 117 Å². The number of nitrogens with one attached hydrogen (secondary N) is 1. The largest absolute Gasteiger partial charge is 1.00 e. The number of hydrogen-bond donors (Lipinski definition) is 2. The Morgan fingerprint density at radius 3 is 1.86 bits per heavy atom. The van der Waals surface area contributed by atoms with E-state index in [0.717, 1.165) is 77.7 Å². The van der Waals surface area contributed by atoms with E-state index < -0.39 is 17.6 Å². The Morgan fingerprint density at radius 2 is 1.31 bits per heavy atom. The molecule has 2 N–H and O–H groups in total. The first-order valence-corrected chi connectivity index (χ1v) is 16.5. The fourth-order valence-electron chi connectivity index (χ4n) is 6.03. The molecule has 4 rings (SSSR count). The van der Waals surface area contributed by atoms with Crippen molar-refractivity contribution in [2.75, 3.05) is 14.2 Å². The summed E-state index contributed by atoms with van der Waals surface area (Å²) in [6.07, 6.45) is 6.40. The number of aliphatic hydroxyl groups is 1. The Bertz CT molecular complexity index is 1510. The van der Waals surface area contributed by atoms with E-state index in [2.05, 4.69) is 5.32 Å². The third-order valence-corrected chi connectivity index (χ3v) is 8.58. The number of benzene rings is 4. The van der Waals surface area contributed by atoms with Crippen LogP contribution in [0, 0.1) is 0 Å². The summed E-state index contributed by atoms with van der Waals surface area (Å²) in [6, 6.07) is 30.6. The van der Waals surface area contributed by atoms with Gasteiger partial charge < -0.3 is 39.3 Å². The molecule has 8 nitrogen and oxygen atoms in total. The molecular weight excluding hydrogens is 613 g/mol. The third kappa shape index (κ3) is 11.0. The monoisotopic (exact) mass is 659 g/mol. The molecule has 0 aliphatic carbocycles. The van der Waals surface area contributed by atoms with Gasteiger partial charge in [-0.1, -0.05) is 98.5 Å². The Hall–Kier alpha value is -3.90.